The molecule has 2 aromatic heterocycles. The summed E-state index contributed by atoms with van der Waals surface area (Å²) in [7, 11) is 0. The van der Waals surface area contributed by atoms with Crippen LogP contribution >= 0.6 is 0 Å². The molecule has 6 heteroatoms. The number of hydrogen-bond acceptors (Lipinski definition) is 4. The fraction of sp³-hybridized carbons (Fsp3) is 0.471. The van der Waals surface area contributed by atoms with Gasteiger partial charge in [-0.1, -0.05) is 0 Å². The number of amides is 1. The predicted octanol–water partition coefficient (Wildman–Crippen LogP) is 3.54. The lowest BCUT2D eigenvalue weighted by molar-refractivity contribution is 0.0219. The number of nitrogens with zero attached hydrogens (tertiary/aromatic N) is 3. The quantitative estimate of drug-likeness (QED) is 0.920. The fourth-order valence-corrected chi connectivity index (χ4v) is 2.77. The Morgan fingerprint density at radius 3 is 2.78 bits per heavy atom. The van der Waals surface area contributed by atoms with Crippen molar-refractivity contribution in [2.24, 2.45) is 0 Å². The van der Waals surface area contributed by atoms with Gasteiger partial charge in [0.1, 0.15) is 11.4 Å². The SMILES string of the molecule is CC(C)(C)OC(=O)N1CCCC1c1ncc(-c2ccncc2)[nH]1. The highest BCUT2D eigenvalue weighted by Gasteiger charge is 2.34. The van der Waals surface area contributed by atoms with Gasteiger partial charge in [-0.25, -0.2) is 9.78 Å². The Morgan fingerprint density at radius 2 is 2.09 bits per heavy atom. The highest BCUT2D eigenvalue weighted by atomic mass is 16.6. The Labute approximate surface area is 135 Å². The van der Waals surface area contributed by atoms with Crippen molar-refractivity contribution in [1.29, 1.82) is 0 Å². The van der Waals surface area contributed by atoms with Crippen molar-refractivity contribution in [1.82, 2.24) is 19.9 Å². The van der Waals surface area contributed by atoms with Gasteiger partial charge in [0.15, 0.2) is 0 Å². The highest BCUT2D eigenvalue weighted by Crippen LogP contribution is 2.32. The lowest BCUT2D eigenvalue weighted by Crippen LogP contribution is -2.36. The molecule has 0 radical (unpaired) electrons. The monoisotopic (exact) mass is 314 g/mol. The number of pyridine rings is 1. The van der Waals surface area contributed by atoms with Crippen LogP contribution in [0.5, 0.6) is 0 Å². The van der Waals surface area contributed by atoms with Crippen molar-refractivity contribution < 1.29 is 9.53 Å². The third-order valence-electron chi connectivity index (χ3n) is 3.78. The molecule has 3 rings (SSSR count). The van der Waals surface area contributed by atoms with Crippen LogP contribution in [-0.2, 0) is 4.74 Å². The molecule has 2 aromatic rings. The van der Waals surface area contributed by atoms with Gasteiger partial charge in [0, 0.05) is 24.5 Å². The number of hydrogen-bond donors (Lipinski definition) is 1. The molecular weight excluding hydrogens is 292 g/mol. The van der Waals surface area contributed by atoms with Crippen LogP contribution in [0.15, 0.2) is 30.7 Å². The molecule has 6 nitrogen and oxygen atoms in total. The third kappa shape index (κ3) is 3.52. The van der Waals surface area contributed by atoms with Gasteiger partial charge >= 0.3 is 6.09 Å². The van der Waals surface area contributed by atoms with Crippen LogP contribution in [0.4, 0.5) is 4.79 Å². The number of nitrogens with one attached hydrogen (secondary N) is 1. The van der Waals surface area contributed by atoms with Gasteiger partial charge in [0.25, 0.3) is 0 Å². The first-order valence-corrected chi connectivity index (χ1v) is 7.89. The minimum Gasteiger partial charge on any atom is -0.444 e. The molecule has 0 aliphatic carbocycles. The van der Waals surface area contributed by atoms with Gasteiger partial charge in [-0.15, -0.1) is 0 Å². The van der Waals surface area contributed by atoms with E-state index < -0.39 is 5.60 Å². The van der Waals surface area contributed by atoms with E-state index in [0.29, 0.717) is 6.54 Å². The average molecular weight is 314 g/mol. The van der Waals surface area contributed by atoms with Crippen LogP contribution in [-0.4, -0.2) is 38.1 Å². The van der Waals surface area contributed by atoms with Crippen LogP contribution in [0.2, 0.25) is 0 Å². The topological polar surface area (TPSA) is 71.1 Å². The van der Waals surface area contributed by atoms with Crippen molar-refractivity contribution in [3.8, 4) is 11.3 Å². The Bertz CT molecular complexity index is 675. The number of aromatic nitrogens is 3. The van der Waals surface area contributed by atoms with Crippen molar-refractivity contribution in [2.75, 3.05) is 6.54 Å². The Kier molecular flexibility index (Phi) is 4.07. The van der Waals surface area contributed by atoms with E-state index >= 15 is 0 Å². The second kappa shape index (κ2) is 6.02. The normalized spacial score (nSPS) is 18.2. The van der Waals surface area contributed by atoms with Gasteiger partial charge in [-0.2, -0.15) is 0 Å². The molecule has 1 aliphatic heterocycles. The van der Waals surface area contributed by atoms with E-state index in [0.717, 1.165) is 29.9 Å². The summed E-state index contributed by atoms with van der Waals surface area (Å²) >= 11 is 0. The lowest BCUT2D eigenvalue weighted by Gasteiger charge is -2.27. The molecule has 0 aromatic carbocycles. The first kappa shape index (κ1) is 15.5. The standard InChI is InChI=1S/C17H22N4O2/c1-17(2,3)23-16(22)21-10-4-5-14(21)15-19-11-13(20-15)12-6-8-18-9-7-12/h6-9,11,14H,4-5,10H2,1-3H3,(H,19,20). The van der Waals surface area contributed by atoms with E-state index in [-0.39, 0.29) is 12.1 Å². The zero-order valence-corrected chi connectivity index (χ0v) is 13.7. The van der Waals surface area contributed by atoms with Crippen LogP contribution in [0, 0.1) is 0 Å². The van der Waals surface area contributed by atoms with E-state index in [1.807, 2.05) is 32.9 Å². The zero-order valence-electron chi connectivity index (χ0n) is 13.7. The van der Waals surface area contributed by atoms with E-state index in [9.17, 15) is 4.79 Å². The van der Waals surface area contributed by atoms with Crippen molar-refractivity contribution in [3.63, 3.8) is 0 Å². The van der Waals surface area contributed by atoms with E-state index in [2.05, 4.69) is 15.0 Å². The third-order valence-corrected chi connectivity index (χ3v) is 3.78. The van der Waals surface area contributed by atoms with Gasteiger partial charge in [0.05, 0.1) is 17.9 Å². The van der Waals surface area contributed by atoms with Gasteiger partial charge in [-0.05, 0) is 45.7 Å². The van der Waals surface area contributed by atoms with Crippen molar-refractivity contribution >= 4 is 6.09 Å². The van der Waals surface area contributed by atoms with Crippen LogP contribution in [0.3, 0.4) is 0 Å². The maximum Gasteiger partial charge on any atom is 0.410 e. The van der Waals surface area contributed by atoms with Crippen LogP contribution < -0.4 is 0 Å². The summed E-state index contributed by atoms with van der Waals surface area (Å²) in [5, 5.41) is 0. The van der Waals surface area contributed by atoms with Gasteiger partial charge in [-0.3, -0.25) is 9.88 Å². The number of carbonyl (C=O) groups excluding carboxylic acids is 1. The predicted molar refractivity (Wildman–Crippen MR) is 86.7 cm³/mol. The molecule has 1 aliphatic rings. The number of imidazole rings is 1. The summed E-state index contributed by atoms with van der Waals surface area (Å²) in [5.41, 5.74) is 1.47. The van der Waals surface area contributed by atoms with E-state index in [4.69, 9.17) is 4.74 Å². The van der Waals surface area contributed by atoms with Crippen LogP contribution in [0.1, 0.15) is 45.5 Å². The van der Waals surface area contributed by atoms with E-state index in [1.165, 1.54) is 0 Å². The van der Waals surface area contributed by atoms with Gasteiger partial charge < -0.3 is 9.72 Å². The molecular formula is C17H22N4O2. The molecule has 122 valence electrons. The summed E-state index contributed by atoms with van der Waals surface area (Å²) in [6.07, 6.45) is 6.87. The fourth-order valence-electron chi connectivity index (χ4n) is 2.77. The molecule has 0 spiro atoms. The summed E-state index contributed by atoms with van der Waals surface area (Å²) in [6, 6.07) is 3.80. The number of carbonyl (C=O) groups is 1. The minimum absolute atomic E-state index is 0.0552. The highest BCUT2D eigenvalue weighted by molar-refractivity contribution is 5.69. The largest absolute Gasteiger partial charge is 0.444 e. The second-order valence-corrected chi connectivity index (χ2v) is 6.75. The maximum atomic E-state index is 12.4. The minimum atomic E-state index is -0.490. The number of ether oxygens (including phenoxy) is 1. The molecule has 1 unspecified atom stereocenters. The lowest BCUT2D eigenvalue weighted by atomic mass is 10.2. The maximum absolute atomic E-state index is 12.4. The summed E-state index contributed by atoms with van der Waals surface area (Å²) in [4.78, 5) is 26.0. The number of H-pyrrole nitrogens is 1. The molecule has 1 atom stereocenters. The summed E-state index contributed by atoms with van der Waals surface area (Å²) in [6.45, 7) is 6.34. The zero-order chi connectivity index (χ0) is 16.4. The molecule has 1 fully saturated rings. The number of rotatable bonds is 2. The number of aromatic amines is 1. The summed E-state index contributed by atoms with van der Waals surface area (Å²) < 4.78 is 5.50. The van der Waals surface area contributed by atoms with Crippen molar-refractivity contribution in [3.05, 3.63) is 36.5 Å². The molecule has 0 bridgehead atoms. The molecule has 1 saturated heterocycles. The Balaban J connectivity index is 1.78. The first-order valence-electron chi connectivity index (χ1n) is 7.89. The molecule has 1 N–H and O–H groups in total. The van der Waals surface area contributed by atoms with E-state index in [1.54, 1.807) is 23.5 Å². The molecule has 1 amide bonds. The van der Waals surface area contributed by atoms with Gasteiger partial charge in [0.2, 0.25) is 0 Å². The molecule has 0 saturated carbocycles. The Morgan fingerprint density at radius 1 is 1.35 bits per heavy atom. The molecule has 23 heavy (non-hydrogen) atoms. The van der Waals surface area contributed by atoms with Crippen LogP contribution in [0.25, 0.3) is 11.3 Å². The Hall–Kier alpha value is -2.37. The second-order valence-electron chi connectivity index (χ2n) is 6.75. The smallest absolute Gasteiger partial charge is 0.410 e. The molecule has 3 heterocycles. The number of likely N-dealkylation sites (tertiary alicyclic amines) is 1. The average Bonchev–Trinajstić information content (AvgIpc) is 3.15. The first-order chi connectivity index (χ1) is 10.9. The summed E-state index contributed by atoms with van der Waals surface area (Å²) in [5.74, 6) is 0.806. The van der Waals surface area contributed by atoms with Crippen molar-refractivity contribution in [2.45, 2.75) is 45.3 Å².